The molecule has 0 bridgehead atoms. The van der Waals surface area contributed by atoms with Gasteiger partial charge in [-0.05, 0) is 54.2 Å². The van der Waals surface area contributed by atoms with Gasteiger partial charge in [0.15, 0.2) is 0 Å². The topological polar surface area (TPSA) is 38.0 Å². The maximum atomic E-state index is 5.79. The molecule has 3 rings (SSSR count). The molecule has 3 heteroatoms. The monoisotopic (exact) mass is 272 g/mol. The van der Waals surface area contributed by atoms with Crippen LogP contribution in [0.15, 0.2) is 41.8 Å². The average molecular weight is 272 g/mol. The Bertz CT molecular complexity index is 521. The van der Waals surface area contributed by atoms with Gasteiger partial charge in [0.1, 0.15) is 0 Å². The summed E-state index contributed by atoms with van der Waals surface area (Å²) in [4.78, 5) is 1.42. The Hall–Kier alpha value is -1.16. The molecule has 1 aromatic carbocycles. The first kappa shape index (κ1) is 12.9. The molecule has 0 fully saturated rings. The summed E-state index contributed by atoms with van der Waals surface area (Å²) in [6.45, 7) is 0. The molecule has 1 aliphatic rings. The molecule has 1 aromatic heterocycles. The van der Waals surface area contributed by atoms with E-state index >= 15 is 0 Å². The van der Waals surface area contributed by atoms with Crippen LogP contribution >= 0.6 is 11.3 Å². The smallest absolute Gasteiger partial charge is 0.0290 e. The van der Waals surface area contributed by atoms with Crippen LogP contribution in [0, 0.1) is 5.92 Å². The van der Waals surface area contributed by atoms with Gasteiger partial charge in [-0.15, -0.1) is 11.3 Å². The van der Waals surface area contributed by atoms with Gasteiger partial charge in [-0.25, -0.2) is 0 Å². The van der Waals surface area contributed by atoms with Crippen LogP contribution in [0.2, 0.25) is 0 Å². The van der Waals surface area contributed by atoms with E-state index in [1.165, 1.54) is 28.8 Å². The Morgan fingerprint density at radius 1 is 1.21 bits per heavy atom. The SMILES string of the molecule is NNC(Cc1cccs1)C1CCc2ccccc2C1. The first-order valence-electron chi connectivity index (χ1n) is 6.92. The summed E-state index contributed by atoms with van der Waals surface area (Å²) in [5.74, 6) is 6.44. The molecule has 1 aliphatic carbocycles. The van der Waals surface area contributed by atoms with Crippen molar-refractivity contribution < 1.29 is 0 Å². The van der Waals surface area contributed by atoms with Crippen LogP contribution < -0.4 is 11.3 Å². The second-order valence-electron chi connectivity index (χ2n) is 5.33. The molecule has 0 spiro atoms. The van der Waals surface area contributed by atoms with Crippen molar-refractivity contribution in [1.82, 2.24) is 5.43 Å². The van der Waals surface area contributed by atoms with E-state index in [2.05, 4.69) is 47.2 Å². The van der Waals surface area contributed by atoms with E-state index in [0.717, 1.165) is 12.8 Å². The number of thiophene rings is 1. The van der Waals surface area contributed by atoms with Gasteiger partial charge in [0.05, 0.1) is 0 Å². The molecule has 0 amide bonds. The number of hydrogen-bond donors (Lipinski definition) is 2. The molecule has 2 nitrogen and oxygen atoms in total. The molecule has 100 valence electrons. The van der Waals surface area contributed by atoms with Crippen molar-refractivity contribution in [2.45, 2.75) is 31.7 Å². The zero-order chi connectivity index (χ0) is 13.1. The van der Waals surface area contributed by atoms with Crippen molar-refractivity contribution >= 4 is 11.3 Å². The third-order valence-corrected chi connectivity index (χ3v) is 5.07. The number of fused-ring (bicyclic) bond motifs is 1. The molecule has 0 aliphatic heterocycles. The lowest BCUT2D eigenvalue weighted by Crippen LogP contribution is -2.44. The quantitative estimate of drug-likeness (QED) is 0.663. The van der Waals surface area contributed by atoms with Crippen molar-refractivity contribution in [2.75, 3.05) is 0 Å². The van der Waals surface area contributed by atoms with Crippen LogP contribution in [0.25, 0.3) is 0 Å². The van der Waals surface area contributed by atoms with Crippen LogP contribution in [0.5, 0.6) is 0 Å². The minimum Gasteiger partial charge on any atom is -0.271 e. The summed E-state index contributed by atoms with van der Waals surface area (Å²) in [5.41, 5.74) is 6.07. The number of nitrogens with one attached hydrogen (secondary N) is 1. The van der Waals surface area contributed by atoms with Gasteiger partial charge in [-0.3, -0.25) is 11.3 Å². The van der Waals surface area contributed by atoms with Gasteiger partial charge in [0.2, 0.25) is 0 Å². The molecule has 2 aromatic rings. The number of rotatable bonds is 4. The zero-order valence-electron chi connectivity index (χ0n) is 11.0. The van der Waals surface area contributed by atoms with Crippen LogP contribution in [0.1, 0.15) is 22.4 Å². The fraction of sp³-hybridized carbons (Fsp3) is 0.375. The summed E-state index contributed by atoms with van der Waals surface area (Å²) >= 11 is 1.82. The van der Waals surface area contributed by atoms with E-state index in [1.807, 2.05) is 11.3 Å². The highest BCUT2D eigenvalue weighted by Crippen LogP contribution is 2.29. The molecule has 0 radical (unpaired) electrons. The lowest BCUT2D eigenvalue weighted by atomic mass is 9.79. The Morgan fingerprint density at radius 3 is 2.79 bits per heavy atom. The zero-order valence-corrected chi connectivity index (χ0v) is 11.8. The van der Waals surface area contributed by atoms with Crippen LogP contribution in [-0.2, 0) is 19.3 Å². The summed E-state index contributed by atoms with van der Waals surface area (Å²) < 4.78 is 0. The van der Waals surface area contributed by atoms with E-state index in [9.17, 15) is 0 Å². The van der Waals surface area contributed by atoms with Gasteiger partial charge >= 0.3 is 0 Å². The third-order valence-electron chi connectivity index (χ3n) is 4.17. The molecular formula is C16H20N2S. The average Bonchev–Trinajstić information content (AvgIpc) is 2.97. The Balaban J connectivity index is 1.72. The summed E-state index contributed by atoms with van der Waals surface area (Å²) in [6, 6.07) is 13.5. The van der Waals surface area contributed by atoms with E-state index in [1.54, 1.807) is 0 Å². The third kappa shape index (κ3) is 2.89. The van der Waals surface area contributed by atoms with Crippen LogP contribution in [0.3, 0.4) is 0 Å². The molecule has 19 heavy (non-hydrogen) atoms. The number of hydrazine groups is 1. The molecule has 3 N–H and O–H groups in total. The maximum absolute atomic E-state index is 5.79. The highest BCUT2D eigenvalue weighted by atomic mass is 32.1. The van der Waals surface area contributed by atoms with Gasteiger partial charge in [-0.2, -0.15) is 0 Å². The van der Waals surface area contributed by atoms with E-state index in [4.69, 9.17) is 5.84 Å². The predicted molar refractivity (Wildman–Crippen MR) is 81.1 cm³/mol. The second kappa shape index (κ2) is 5.87. The van der Waals surface area contributed by atoms with E-state index in [0.29, 0.717) is 12.0 Å². The molecule has 1 heterocycles. The first-order chi connectivity index (χ1) is 9.36. The molecule has 0 saturated carbocycles. The molecule has 0 saturated heterocycles. The predicted octanol–water partition coefficient (Wildman–Crippen LogP) is 2.93. The van der Waals surface area contributed by atoms with Gasteiger partial charge < -0.3 is 0 Å². The van der Waals surface area contributed by atoms with Crippen molar-refractivity contribution in [3.05, 3.63) is 57.8 Å². The molecular weight excluding hydrogens is 252 g/mol. The largest absolute Gasteiger partial charge is 0.271 e. The summed E-state index contributed by atoms with van der Waals surface area (Å²) in [5, 5.41) is 2.14. The van der Waals surface area contributed by atoms with E-state index in [-0.39, 0.29) is 0 Å². The van der Waals surface area contributed by atoms with Gasteiger partial charge in [-0.1, -0.05) is 30.3 Å². The minimum atomic E-state index is 0.381. The summed E-state index contributed by atoms with van der Waals surface area (Å²) in [6.07, 6.45) is 4.61. The lowest BCUT2D eigenvalue weighted by molar-refractivity contribution is 0.322. The molecule has 2 unspecified atom stereocenters. The molecule has 2 atom stereocenters. The normalized spacial score (nSPS) is 19.9. The maximum Gasteiger partial charge on any atom is 0.0290 e. The van der Waals surface area contributed by atoms with Crippen molar-refractivity contribution in [3.8, 4) is 0 Å². The first-order valence-corrected chi connectivity index (χ1v) is 7.80. The van der Waals surface area contributed by atoms with Crippen molar-refractivity contribution in [3.63, 3.8) is 0 Å². The Labute approximate surface area is 118 Å². The Kier molecular flexibility index (Phi) is 3.97. The highest BCUT2D eigenvalue weighted by Gasteiger charge is 2.25. The van der Waals surface area contributed by atoms with Crippen molar-refractivity contribution in [1.29, 1.82) is 0 Å². The van der Waals surface area contributed by atoms with Crippen LogP contribution in [0.4, 0.5) is 0 Å². The summed E-state index contributed by atoms with van der Waals surface area (Å²) in [7, 11) is 0. The van der Waals surface area contributed by atoms with Gasteiger partial charge in [0.25, 0.3) is 0 Å². The Morgan fingerprint density at radius 2 is 2.05 bits per heavy atom. The second-order valence-corrected chi connectivity index (χ2v) is 6.36. The number of hydrogen-bond acceptors (Lipinski definition) is 3. The number of benzene rings is 1. The van der Waals surface area contributed by atoms with Gasteiger partial charge in [0, 0.05) is 10.9 Å². The fourth-order valence-electron chi connectivity index (χ4n) is 3.08. The van der Waals surface area contributed by atoms with Crippen molar-refractivity contribution in [2.24, 2.45) is 11.8 Å². The van der Waals surface area contributed by atoms with Crippen LogP contribution in [-0.4, -0.2) is 6.04 Å². The van der Waals surface area contributed by atoms with E-state index < -0.39 is 0 Å². The highest BCUT2D eigenvalue weighted by molar-refractivity contribution is 7.09. The number of nitrogens with two attached hydrogens (primary N) is 1. The fourth-order valence-corrected chi connectivity index (χ4v) is 3.84. The minimum absolute atomic E-state index is 0.381. The number of aryl methyl sites for hydroxylation is 1. The standard InChI is InChI=1S/C16H20N2S/c17-18-16(11-15-6-3-9-19-15)14-8-7-12-4-1-2-5-13(12)10-14/h1-6,9,14,16,18H,7-8,10-11,17H2. The lowest BCUT2D eigenvalue weighted by Gasteiger charge is -2.31.